The lowest BCUT2D eigenvalue weighted by Crippen LogP contribution is -2.35. The zero-order valence-corrected chi connectivity index (χ0v) is 10.5. The molecule has 2 N–H and O–H groups in total. The summed E-state index contributed by atoms with van der Waals surface area (Å²) in [6.07, 6.45) is -2.12. The van der Waals surface area contributed by atoms with Crippen LogP contribution in [-0.2, 0) is 0 Å². The minimum absolute atomic E-state index is 0.221. The quantitative estimate of drug-likeness (QED) is 0.886. The van der Waals surface area contributed by atoms with E-state index in [0.717, 1.165) is 5.56 Å². The van der Waals surface area contributed by atoms with Gasteiger partial charge in [0, 0.05) is 18.8 Å². The molecule has 0 fully saturated rings. The molecule has 0 saturated heterocycles. The summed E-state index contributed by atoms with van der Waals surface area (Å²) in [5, 5.41) is 0. The fourth-order valence-corrected chi connectivity index (χ4v) is 1.65. The first-order chi connectivity index (χ1) is 8.33. The van der Waals surface area contributed by atoms with Gasteiger partial charge >= 0.3 is 6.18 Å². The normalized spacial score (nSPS) is 13.4. The Hall–Kier alpha value is -1.30. The molecular formula is C12H18F3N3. The standard InChI is InChI=1S/C12H18F3N3/c1-3-6-18(8-12(13,14)15)11-7-10(9(2)16)4-5-17-11/h4-5,7,9H,3,6,8,16H2,1-2H3/t9-/m1/s1. The summed E-state index contributed by atoms with van der Waals surface area (Å²) >= 11 is 0. The van der Waals surface area contributed by atoms with Crippen LogP contribution in [0.5, 0.6) is 0 Å². The molecule has 0 aliphatic heterocycles. The highest BCUT2D eigenvalue weighted by Gasteiger charge is 2.31. The molecule has 0 aliphatic carbocycles. The second-order valence-electron chi connectivity index (χ2n) is 4.27. The Labute approximate surface area is 105 Å². The van der Waals surface area contributed by atoms with Gasteiger partial charge in [-0.3, -0.25) is 0 Å². The topological polar surface area (TPSA) is 42.1 Å². The van der Waals surface area contributed by atoms with E-state index >= 15 is 0 Å². The van der Waals surface area contributed by atoms with E-state index < -0.39 is 12.7 Å². The van der Waals surface area contributed by atoms with Crippen LogP contribution >= 0.6 is 0 Å². The molecule has 6 heteroatoms. The van der Waals surface area contributed by atoms with Crippen LogP contribution in [0, 0.1) is 0 Å². The molecule has 0 unspecified atom stereocenters. The van der Waals surface area contributed by atoms with Crippen molar-refractivity contribution in [1.29, 1.82) is 0 Å². The summed E-state index contributed by atoms with van der Waals surface area (Å²) in [6, 6.07) is 3.11. The third-order valence-electron chi connectivity index (χ3n) is 2.48. The molecule has 0 radical (unpaired) electrons. The van der Waals surface area contributed by atoms with Crippen LogP contribution in [0.1, 0.15) is 31.9 Å². The summed E-state index contributed by atoms with van der Waals surface area (Å²) in [6.45, 7) is 2.94. The molecule has 0 amide bonds. The molecule has 3 nitrogen and oxygen atoms in total. The van der Waals surface area contributed by atoms with Gasteiger partial charge in [0.1, 0.15) is 12.4 Å². The van der Waals surface area contributed by atoms with Crippen molar-refractivity contribution in [2.75, 3.05) is 18.0 Å². The lowest BCUT2D eigenvalue weighted by atomic mass is 10.1. The van der Waals surface area contributed by atoms with Crippen LogP contribution in [0.3, 0.4) is 0 Å². The van der Waals surface area contributed by atoms with Crippen molar-refractivity contribution in [3.63, 3.8) is 0 Å². The number of hydrogen-bond acceptors (Lipinski definition) is 3. The zero-order valence-electron chi connectivity index (χ0n) is 10.5. The summed E-state index contributed by atoms with van der Waals surface area (Å²) < 4.78 is 37.4. The third kappa shape index (κ3) is 4.52. The number of nitrogens with zero attached hydrogens (tertiary/aromatic N) is 2. The predicted molar refractivity (Wildman–Crippen MR) is 65.4 cm³/mol. The van der Waals surface area contributed by atoms with E-state index in [1.54, 1.807) is 19.1 Å². The molecule has 0 aromatic carbocycles. The van der Waals surface area contributed by atoms with Crippen molar-refractivity contribution >= 4 is 5.82 Å². The van der Waals surface area contributed by atoms with E-state index in [9.17, 15) is 13.2 Å². The number of anilines is 1. The first-order valence-corrected chi connectivity index (χ1v) is 5.86. The smallest absolute Gasteiger partial charge is 0.348 e. The van der Waals surface area contributed by atoms with Crippen molar-refractivity contribution in [1.82, 2.24) is 4.98 Å². The van der Waals surface area contributed by atoms with Crippen molar-refractivity contribution in [2.24, 2.45) is 5.73 Å². The maximum atomic E-state index is 12.5. The predicted octanol–water partition coefficient (Wildman–Crippen LogP) is 2.88. The maximum absolute atomic E-state index is 12.5. The molecule has 102 valence electrons. The average molecular weight is 261 g/mol. The van der Waals surface area contributed by atoms with Gasteiger partial charge in [-0.15, -0.1) is 0 Å². The van der Waals surface area contributed by atoms with Crippen LogP contribution in [0.15, 0.2) is 18.3 Å². The van der Waals surface area contributed by atoms with Gasteiger partial charge in [0.05, 0.1) is 0 Å². The second kappa shape index (κ2) is 6.04. The Morgan fingerprint density at radius 3 is 2.61 bits per heavy atom. The third-order valence-corrected chi connectivity index (χ3v) is 2.48. The average Bonchev–Trinajstić information content (AvgIpc) is 2.27. The Bertz CT molecular complexity index is 377. The number of alkyl halides is 3. The largest absolute Gasteiger partial charge is 0.405 e. The SMILES string of the molecule is CCCN(CC(F)(F)F)c1cc([C@@H](C)N)ccn1. The van der Waals surface area contributed by atoms with Crippen molar-refractivity contribution < 1.29 is 13.2 Å². The number of rotatable bonds is 5. The minimum Gasteiger partial charge on any atom is -0.348 e. The van der Waals surface area contributed by atoms with Gasteiger partial charge in [-0.05, 0) is 31.0 Å². The molecule has 1 heterocycles. The number of aromatic nitrogens is 1. The Morgan fingerprint density at radius 2 is 2.11 bits per heavy atom. The lowest BCUT2D eigenvalue weighted by molar-refractivity contribution is -0.119. The van der Waals surface area contributed by atoms with E-state index in [4.69, 9.17) is 5.73 Å². The monoisotopic (exact) mass is 261 g/mol. The summed E-state index contributed by atoms with van der Waals surface area (Å²) in [5.74, 6) is 0.323. The van der Waals surface area contributed by atoms with Crippen molar-refractivity contribution in [2.45, 2.75) is 32.5 Å². The summed E-state index contributed by atoms with van der Waals surface area (Å²) in [4.78, 5) is 5.22. The second-order valence-corrected chi connectivity index (χ2v) is 4.27. The summed E-state index contributed by atoms with van der Waals surface area (Å²) in [5.41, 5.74) is 6.50. The Balaban J connectivity index is 2.94. The summed E-state index contributed by atoms with van der Waals surface area (Å²) in [7, 11) is 0. The van der Waals surface area contributed by atoms with E-state index in [2.05, 4.69) is 4.98 Å². The van der Waals surface area contributed by atoms with Gasteiger partial charge in [0.2, 0.25) is 0 Å². The number of pyridine rings is 1. The number of halogens is 3. The molecule has 18 heavy (non-hydrogen) atoms. The van der Waals surface area contributed by atoms with E-state index in [0.29, 0.717) is 18.8 Å². The van der Waals surface area contributed by atoms with Crippen LogP contribution in [0.25, 0.3) is 0 Å². The van der Waals surface area contributed by atoms with Crippen LogP contribution in [0.4, 0.5) is 19.0 Å². The van der Waals surface area contributed by atoms with Crippen LogP contribution in [-0.4, -0.2) is 24.2 Å². The minimum atomic E-state index is -4.23. The van der Waals surface area contributed by atoms with Crippen molar-refractivity contribution in [3.8, 4) is 0 Å². The highest BCUT2D eigenvalue weighted by atomic mass is 19.4. The molecule has 1 aromatic heterocycles. The fourth-order valence-electron chi connectivity index (χ4n) is 1.65. The first-order valence-electron chi connectivity index (χ1n) is 5.86. The molecular weight excluding hydrogens is 243 g/mol. The Morgan fingerprint density at radius 1 is 1.44 bits per heavy atom. The van der Waals surface area contributed by atoms with E-state index in [1.807, 2.05) is 6.92 Å². The molecule has 0 aliphatic rings. The van der Waals surface area contributed by atoms with Gasteiger partial charge in [-0.25, -0.2) is 4.98 Å². The van der Waals surface area contributed by atoms with E-state index in [1.165, 1.54) is 11.1 Å². The van der Waals surface area contributed by atoms with Gasteiger partial charge in [-0.2, -0.15) is 13.2 Å². The molecule has 0 bridgehead atoms. The zero-order chi connectivity index (χ0) is 13.8. The highest BCUT2D eigenvalue weighted by molar-refractivity contribution is 5.42. The van der Waals surface area contributed by atoms with E-state index in [-0.39, 0.29) is 6.04 Å². The molecule has 0 spiro atoms. The van der Waals surface area contributed by atoms with Gasteiger partial charge in [-0.1, -0.05) is 6.92 Å². The maximum Gasteiger partial charge on any atom is 0.405 e. The lowest BCUT2D eigenvalue weighted by Gasteiger charge is -2.25. The van der Waals surface area contributed by atoms with Gasteiger partial charge in [0.25, 0.3) is 0 Å². The van der Waals surface area contributed by atoms with Crippen molar-refractivity contribution in [3.05, 3.63) is 23.9 Å². The Kier molecular flexibility index (Phi) is 4.95. The fraction of sp³-hybridized carbons (Fsp3) is 0.583. The highest BCUT2D eigenvalue weighted by Crippen LogP contribution is 2.22. The van der Waals surface area contributed by atoms with Gasteiger partial charge < -0.3 is 10.6 Å². The molecule has 0 saturated carbocycles. The number of hydrogen-bond donors (Lipinski definition) is 1. The number of nitrogens with two attached hydrogens (primary N) is 1. The molecule has 1 aromatic rings. The molecule has 1 atom stereocenters. The van der Waals surface area contributed by atoms with Gasteiger partial charge in [0.15, 0.2) is 0 Å². The van der Waals surface area contributed by atoms with Crippen LogP contribution < -0.4 is 10.6 Å². The first kappa shape index (κ1) is 14.8. The molecule has 1 rings (SSSR count). The van der Waals surface area contributed by atoms with Crippen LogP contribution in [0.2, 0.25) is 0 Å².